The lowest BCUT2D eigenvalue weighted by atomic mass is 9.33. The van der Waals surface area contributed by atoms with E-state index in [0.717, 1.165) is 95.4 Å². The van der Waals surface area contributed by atoms with E-state index in [1.54, 1.807) is 0 Å². The smallest absolute Gasteiger partial charge is 0.252 e. The van der Waals surface area contributed by atoms with Crippen LogP contribution in [0, 0.1) is 41.5 Å². The number of aromatic nitrogens is 1. The zero-order valence-electron chi connectivity index (χ0n) is 50.5. The van der Waals surface area contributed by atoms with E-state index < -0.39 is 0 Å². The molecule has 0 bridgehead atoms. The Balaban J connectivity index is 1.12. The Morgan fingerprint density at radius 1 is 0.273 bits per heavy atom. The summed E-state index contributed by atoms with van der Waals surface area (Å²) >= 11 is 0. The van der Waals surface area contributed by atoms with Gasteiger partial charge >= 0.3 is 0 Å². The summed E-state index contributed by atoms with van der Waals surface area (Å²) in [6, 6.07) is 105. The zero-order valence-corrected chi connectivity index (χ0v) is 50.5. The lowest BCUT2D eigenvalue weighted by Crippen LogP contribution is -2.61. The van der Waals surface area contributed by atoms with E-state index in [4.69, 9.17) is 0 Å². The topological polar surface area (TPSA) is 11.4 Å². The third kappa shape index (κ3) is 8.49. The molecule has 0 radical (unpaired) electrons. The summed E-state index contributed by atoms with van der Waals surface area (Å²) in [6.07, 6.45) is 0. The fourth-order valence-electron chi connectivity index (χ4n) is 15.3. The van der Waals surface area contributed by atoms with Crippen LogP contribution in [-0.4, -0.2) is 11.3 Å². The van der Waals surface area contributed by atoms with Crippen molar-refractivity contribution in [3.8, 4) is 72.4 Å². The molecule has 2 aliphatic heterocycles. The van der Waals surface area contributed by atoms with Crippen LogP contribution in [0.5, 0.6) is 0 Å². The van der Waals surface area contributed by atoms with E-state index >= 15 is 0 Å². The predicted octanol–water partition coefficient (Wildman–Crippen LogP) is 20.7. The molecule has 2 aliphatic rings. The van der Waals surface area contributed by atoms with Crippen molar-refractivity contribution in [3.63, 3.8) is 0 Å². The monoisotopic (exact) mass is 1130 g/mol. The lowest BCUT2D eigenvalue weighted by Gasteiger charge is -2.46. The lowest BCUT2D eigenvalue weighted by molar-refractivity contribution is 1.16. The fraction of sp³-hybridized carbons (Fsp3) is 0.0714. The van der Waals surface area contributed by atoms with Crippen LogP contribution in [0.1, 0.15) is 33.4 Å². The second-order valence-corrected chi connectivity index (χ2v) is 24.3. The van der Waals surface area contributed by atoms with Crippen LogP contribution < -0.4 is 26.2 Å². The SMILES string of the molecule is Cc1cc(C)c(-c2ccc3c(c2)N(c2c(-c4ccccc4)cccc2-c2ccccc2)c2cc(-n4c5ccccc5c5ccccc54)cc4c2B3c2ccc(-c3c(C)cc(C)cc3C)cc2N4c2c(-c3ccccc3)cccc2-c2ccccc2)c(C)c1. The van der Waals surface area contributed by atoms with Crippen molar-refractivity contribution < 1.29 is 0 Å². The Kier molecular flexibility index (Phi) is 12.7. The van der Waals surface area contributed by atoms with Gasteiger partial charge in [0.2, 0.25) is 0 Å². The quantitative estimate of drug-likeness (QED) is 0.133. The van der Waals surface area contributed by atoms with Crippen molar-refractivity contribution in [1.29, 1.82) is 0 Å². The first-order valence-corrected chi connectivity index (χ1v) is 30.9. The number of hydrogen-bond donors (Lipinski definition) is 0. The number of rotatable bonds is 9. The first kappa shape index (κ1) is 52.8. The van der Waals surface area contributed by atoms with Gasteiger partial charge in [0, 0.05) is 55.8 Å². The average molecular weight is 1130 g/mol. The normalized spacial score (nSPS) is 12.4. The number of nitrogens with zero attached hydrogens (tertiary/aromatic N) is 3. The molecular weight excluding hydrogens is 1060 g/mol. The Morgan fingerprint density at radius 2 is 0.602 bits per heavy atom. The molecule has 0 aliphatic carbocycles. The van der Waals surface area contributed by atoms with E-state index in [1.807, 2.05) is 0 Å². The highest BCUT2D eigenvalue weighted by Gasteiger charge is 2.46. The summed E-state index contributed by atoms with van der Waals surface area (Å²) in [5.74, 6) is 0. The highest BCUT2D eigenvalue weighted by molar-refractivity contribution is 7.00. The Morgan fingerprint density at radius 3 is 0.955 bits per heavy atom. The number of fused-ring (bicyclic) bond motifs is 7. The molecule has 0 unspecified atom stereocenters. The molecule has 3 heterocycles. The zero-order chi connectivity index (χ0) is 59.3. The molecule has 13 aromatic carbocycles. The molecule has 0 spiro atoms. The third-order valence-corrected chi connectivity index (χ3v) is 18.7. The van der Waals surface area contributed by atoms with Crippen molar-refractivity contribution in [2.75, 3.05) is 9.80 Å². The van der Waals surface area contributed by atoms with Gasteiger partial charge in [0.05, 0.1) is 28.1 Å². The summed E-state index contributed by atoms with van der Waals surface area (Å²) in [4.78, 5) is 5.37. The van der Waals surface area contributed by atoms with Crippen molar-refractivity contribution in [3.05, 3.63) is 312 Å². The number of hydrogen-bond acceptors (Lipinski definition) is 2. The van der Waals surface area contributed by atoms with E-state index in [1.165, 1.54) is 82.8 Å². The van der Waals surface area contributed by atoms with Crippen LogP contribution in [0.25, 0.3) is 94.3 Å². The molecule has 0 N–H and O–H groups in total. The molecule has 3 nitrogen and oxygen atoms in total. The highest BCUT2D eigenvalue weighted by Crippen LogP contribution is 2.54. The van der Waals surface area contributed by atoms with Gasteiger partial charge in [0.1, 0.15) is 0 Å². The second-order valence-electron chi connectivity index (χ2n) is 24.3. The average Bonchev–Trinajstić information content (AvgIpc) is 0.803. The van der Waals surface area contributed by atoms with Crippen molar-refractivity contribution in [1.82, 2.24) is 4.57 Å². The first-order chi connectivity index (χ1) is 43.2. The van der Waals surface area contributed by atoms with Gasteiger partial charge in [-0.2, -0.15) is 0 Å². The minimum atomic E-state index is -0.189. The molecule has 88 heavy (non-hydrogen) atoms. The largest absolute Gasteiger partial charge is 0.310 e. The van der Waals surface area contributed by atoms with E-state index in [-0.39, 0.29) is 6.71 Å². The minimum absolute atomic E-state index is 0.189. The van der Waals surface area contributed by atoms with E-state index in [0.29, 0.717) is 0 Å². The van der Waals surface area contributed by atoms with Crippen LogP contribution in [-0.2, 0) is 0 Å². The molecular formula is C84H64BN3. The van der Waals surface area contributed by atoms with E-state index in [9.17, 15) is 0 Å². The van der Waals surface area contributed by atoms with Gasteiger partial charge in [0.15, 0.2) is 0 Å². The summed E-state index contributed by atoms with van der Waals surface area (Å²) in [5, 5.41) is 2.44. The maximum absolute atomic E-state index is 2.69. The second kappa shape index (κ2) is 21.1. The Hall–Kier alpha value is -10.7. The molecule has 16 rings (SSSR count). The molecule has 0 saturated heterocycles. The standard InChI is InChI=1S/C84H64BN3/c1-53-45-55(3)80(56(4)46-53)63-41-43-72-76(49-63)87(83-66(59-25-11-7-12-26-59)35-23-36-67(83)60-27-13-8-14-28-60)78-51-65(86-74-39-21-19-33-70(74)71-34-20-22-40-75(71)86)52-79-82(78)85(72)73-44-42-64(81-57(5)47-54(2)48-58(81)6)50-77(73)88(79)84-68(61-29-15-9-16-30-61)37-24-38-69(84)62-31-17-10-18-32-62/h7-52H,1-6H3. The van der Waals surface area contributed by atoms with Gasteiger partial charge in [-0.3, -0.25) is 0 Å². The summed E-state index contributed by atoms with van der Waals surface area (Å²) < 4.78 is 2.53. The van der Waals surface area contributed by atoms with Crippen molar-refractivity contribution in [2.24, 2.45) is 0 Å². The molecule has 0 saturated carbocycles. The number of benzene rings is 13. The molecule has 0 fully saturated rings. The van der Waals surface area contributed by atoms with Crippen LogP contribution in [0.2, 0.25) is 0 Å². The molecule has 14 aromatic rings. The molecule has 0 atom stereocenters. The fourth-order valence-corrected chi connectivity index (χ4v) is 15.3. The summed E-state index contributed by atoms with van der Waals surface area (Å²) in [7, 11) is 0. The Bertz CT molecular complexity index is 4620. The Labute approximate surface area is 516 Å². The van der Waals surface area contributed by atoms with Crippen LogP contribution in [0.3, 0.4) is 0 Å². The van der Waals surface area contributed by atoms with Crippen molar-refractivity contribution >= 4 is 79.0 Å². The van der Waals surface area contributed by atoms with Crippen LogP contribution in [0.15, 0.2) is 279 Å². The summed E-state index contributed by atoms with van der Waals surface area (Å²) in [6.45, 7) is 13.4. The van der Waals surface area contributed by atoms with Gasteiger partial charge in [-0.1, -0.05) is 254 Å². The highest BCUT2D eigenvalue weighted by atomic mass is 15.2. The van der Waals surface area contributed by atoms with Crippen molar-refractivity contribution in [2.45, 2.75) is 41.5 Å². The molecule has 418 valence electrons. The number of para-hydroxylation sites is 4. The van der Waals surface area contributed by atoms with Gasteiger partial charge in [0.25, 0.3) is 6.71 Å². The predicted molar refractivity (Wildman–Crippen MR) is 376 cm³/mol. The minimum Gasteiger partial charge on any atom is -0.310 e. The number of aryl methyl sites for hydroxylation is 6. The van der Waals surface area contributed by atoms with Crippen LogP contribution >= 0.6 is 0 Å². The number of anilines is 6. The maximum atomic E-state index is 2.69. The molecule has 1 aromatic heterocycles. The van der Waals surface area contributed by atoms with Gasteiger partial charge in [-0.15, -0.1) is 0 Å². The van der Waals surface area contributed by atoms with Gasteiger partial charge in [-0.25, -0.2) is 0 Å². The molecule has 4 heteroatoms. The van der Waals surface area contributed by atoms with Gasteiger partial charge in [-0.05, 0) is 161 Å². The van der Waals surface area contributed by atoms with Gasteiger partial charge < -0.3 is 14.4 Å². The third-order valence-electron chi connectivity index (χ3n) is 18.7. The first-order valence-electron chi connectivity index (χ1n) is 30.9. The molecule has 0 amide bonds. The van der Waals surface area contributed by atoms with Crippen LogP contribution in [0.4, 0.5) is 34.1 Å². The maximum Gasteiger partial charge on any atom is 0.252 e. The summed E-state index contributed by atoms with van der Waals surface area (Å²) in [5.41, 5.74) is 35.7. The van der Waals surface area contributed by atoms with E-state index in [2.05, 4.69) is 335 Å².